The van der Waals surface area contributed by atoms with Crippen LogP contribution in [0.4, 0.5) is 5.69 Å². The standard InChI is InChI=1S/C14H16N2OS2/c1-8-3-4-11(9(2)7-8)16-13(17)12-10(5-6-19-12)15-14(16)18/h3-4,7,10,12H,5-6H2,1-2H3,(H,15,18). The number of anilines is 1. The van der Waals surface area contributed by atoms with Crippen LogP contribution in [0.3, 0.4) is 0 Å². The lowest BCUT2D eigenvalue weighted by Crippen LogP contribution is -2.60. The summed E-state index contributed by atoms with van der Waals surface area (Å²) in [5.74, 6) is 1.15. The van der Waals surface area contributed by atoms with E-state index in [-0.39, 0.29) is 17.2 Å². The minimum Gasteiger partial charge on any atom is -0.358 e. The number of aryl methyl sites for hydroxylation is 2. The summed E-state index contributed by atoms with van der Waals surface area (Å²) in [4.78, 5) is 14.3. The number of carbonyl (C=O) groups excluding carboxylic acids is 1. The van der Waals surface area contributed by atoms with Gasteiger partial charge in [0.25, 0.3) is 0 Å². The van der Waals surface area contributed by atoms with E-state index in [1.165, 1.54) is 5.56 Å². The molecule has 100 valence electrons. The highest BCUT2D eigenvalue weighted by Gasteiger charge is 2.43. The third kappa shape index (κ3) is 2.15. The maximum Gasteiger partial charge on any atom is 0.248 e. The molecule has 3 rings (SSSR count). The molecule has 2 atom stereocenters. The van der Waals surface area contributed by atoms with Crippen molar-refractivity contribution in [2.24, 2.45) is 0 Å². The van der Waals surface area contributed by atoms with Crippen LogP contribution in [-0.2, 0) is 4.79 Å². The van der Waals surface area contributed by atoms with E-state index in [9.17, 15) is 4.79 Å². The average molecular weight is 292 g/mol. The minimum atomic E-state index is 0.00685. The normalized spacial score (nSPS) is 26.3. The Hall–Kier alpha value is -1.07. The minimum absolute atomic E-state index is 0.00685. The molecule has 5 heteroatoms. The lowest BCUT2D eigenvalue weighted by molar-refractivity contribution is -0.118. The van der Waals surface area contributed by atoms with Crippen molar-refractivity contribution in [2.75, 3.05) is 10.7 Å². The summed E-state index contributed by atoms with van der Waals surface area (Å²) in [6.45, 7) is 4.07. The van der Waals surface area contributed by atoms with E-state index in [2.05, 4.69) is 11.4 Å². The van der Waals surface area contributed by atoms with Crippen LogP contribution < -0.4 is 10.2 Å². The molecule has 2 saturated heterocycles. The average Bonchev–Trinajstić information content (AvgIpc) is 2.80. The number of nitrogens with one attached hydrogen (secondary N) is 1. The Balaban J connectivity index is 1.99. The third-order valence-corrected chi connectivity index (χ3v) is 5.32. The number of nitrogens with zero attached hydrogens (tertiary/aromatic N) is 1. The first-order chi connectivity index (χ1) is 9.08. The Bertz CT molecular complexity index is 558. The fourth-order valence-corrected chi connectivity index (χ4v) is 4.38. The maximum atomic E-state index is 12.6. The van der Waals surface area contributed by atoms with Crippen molar-refractivity contribution in [3.05, 3.63) is 29.3 Å². The lowest BCUT2D eigenvalue weighted by atomic mass is 10.1. The van der Waals surface area contributed by atoms with E-state index in [4.69, 9.17) is 12.2 Å². The topological polar surface area (TPSA) is 32.3 Å². The molecule has 19 heavy (non-hydrogen) atoms. The van der Waals surface area contributed by atoms with Crippen LogP contribution in [0.15, 0.2) is 18.2 Å². The van der Waals surface area contributed by atoms with Gasteiger partial charge >= 0.3 is 0 Å². The number of thioether (sulfide) groups is 1. The Morgan fingerprint density at radius 2 is 2.21 bits per heavy atom. The zero-order valence-electron chi connectivity index (χ0n) is 11.0. The predicted molar refractivity (Wildman–Crippen MR) is 83.8 cm³/mol. The summed E-state index contributed by atoms with van der Waals surface area (Å²) in [7, 11) is 0. The number of thiocarbonyl (C=S) groups is 1. The van der Waals surface area contributed by atoms with Crippen molar-refractivity contribution in [1.82, 2.24) is 5.32 Å². The van der Waals surface area contributed by atoms with Crippen LogP contribution >= 0.6 is 24.0 Å². The Kier molecular flexibility index (Phi) is 3.27. The first-order valence-electron chi connectivity index (χ1n) is 6.41. The Labute approximate surface area is 122 Å². The van der Waals surface area contributed by atoms with Crippen LogP contribution in [0.25, 0.3) is 0 Å². The van der Waals surface area contributed by atoms with Gasteiger partial charge in [-0.1, -0.05) is 17.7 Å². The van der Waals surface area contributed by atoms with Crippen LogP contribution in [0.5, 0.6) is 0 Å². The van der Waals surface area contributed by atoms with Gasteiger partial charge in [-0.2, -0.15) is 0 Å². The molecule has 0 radical (unpaired) electrons. The molecule has 0 aromatic heterocycles. The highest BCUT2D eigenvalue weighted by Crippen LogP contribution is 2.34. The van der Waals surface area contributed by atoms with Crippen LogP contribution in [0.1, 0.15) is 17.5 Å². The van der Waals surface area contributed by atoms with Crippen molar-refractivity contribution in [2.45, 2.75) is 31.6 Å². The quantitative estimate of drug-likeness (QED) is 0.806. The molecule has 1 N–H and O–H groups in total. The molecular formula is C14H16N2OS2. The van der Waals surface area contributed by atoms with Gasteiger partial charge in [-0.25, -0.2) is 0 Å². The van der Waals surface area contributed by atoms with E-state index >= 15 is 0 Å². The molecule has 2 fully saturated rings. The summed E-state index contributed by atoms with van der Waals surface area (Å²) in [5.41, 5.74) is 3.18. The Morgan fingerprint density at radius 1 is 1.42 bits per heavy atom. The number of amides is 1. The van der Waals surface area contributed by atoms with Crippen molar-refractivity contribution in [3.63, 3.8) is 0 Å². The van der Waals surface area contributed by atoms with Gasteiger partial charge in [0.05, 0.1) is 5.69 Å². The maximum absolute atomic E-state index is 12.6. The molecular weight excluding hydrogens is 276 g/mol. The SMILES string of the molecule is Cc1ccc(N2C(=O)C3SCCC3NC2=S)c(C)c1. The summed E-state index contributed by atoms with van der Waals surface area (Å²) < 4.78 is 0. The molecule has 2 heterocycles. The first-order valence-corrected chi connectivity index (χ1v) is 7.87. The number of rotatable bonds is 1. The zero-order chi connectivity index (χ0) is 13.6. The molecule has 2 unspecified atom stereocenters. The highest BCUT2D eigenvalue weighted by atomic mass is 32.2. The predicted octanol–water partition coefficient (Wildman–Crippen LogP) is 2.40. The fraction of sp³-hybridized carbons (Fsp3) is 0.429. The van der Waals surface area contributed by atoms with Crippen molar-refractivity contribution in [1.29, 1.82) is 0 Å². The van der Waals surface area contributed by atoms with E-state index in [1.807, 2.05) is 26.0 Å². The second kappa shape index (κ2) is 4.80. The number of hydrogen-bond acceptors (Lipinski definition) is 3. The summed E-state index contributed by atoms with van der Waals surface area (Å²) in [6, 6.07) is 6.30. The van der Waals surface area contributed by atoms with Gasteiger partial charge in [0, 0.05) is 6.04 Å². The number of fused-ring (bicyclic) bond motifs is 1. The molecule has 0 spiro atoms. The first kappa shape index (κ1) is 12.9. The molecule has 2 aliphatic rings. The van der Waals surface area contributed by atoms with Gasteiger partial charge in [0.1, 0.15) is 5.25 Å². The van der Waals surface area contributed by atoms with Crippen LogP contribution in [0.2, 0.25) is 0 Å². The van der Waals surface area contributed by atoms with Crippen molar-refractivity contribution < 1.29 is 4.79 Å². The molecule has 0 aliphatic carbocycles. The van der Waals surface area contributed by atoms with E-state index in [0.29, 0.717) is 5.11 Å². The van der Waals surface area contributed by atoms with Gasteiger partial charge in [-0.3, -0.25) is 9.69 Å². The summed E-state index contributed by atoms with van der Waals surface area (Å²) >= 11 is 7.12. The summed E-state index contributed by atoms with van der Waals surface area (Å²) in [5, 5.41) is 3.86. The van der Waals surface area contributed by atoms with Gasteiger partial charge in [-0.15, -0.1) is 11.8 Å². The van der Waals surface area contributed by atoms with Crippen LogP contribution in [0, 0.1) is 13.8 Å². The van der Waals surface area contributed by atoms with Gasteiger partial charge in [0.2, 0.25) is 5.91 Å². The van der Waals surface area contributed by atoms with Crippen molar-refractivity contribution >= 4 is 40.7 Å². The zero-order valence-corrected chi connectivity index (χ0v) is 12.6. The second-order valence-electron chi connectivity index (χ2n) is 5.10. The molecule has 0 bridgehead atoms. The lowest BCUT2D eigenvalue weighted by Gasteiger charge is -2.36. The van der Waals surface area contributed by atoms with Gasteiger partial charge in [0.15, 0.2) is 5.11 Å². The van der Waals surface area contributed by atoms with Gasteiger partial charge < -0.3 is 5.32 Å². The largest absolute Gasteiger partial charge is 0.358 e. The number of carbonyl (C=O) groups is 1. The number of hydrogen-bond donors (Lipinski definition) is 1. The molecule has 1 aromatic carbocycles. The molecule has 1 aromatic rings. The van der Waals surface area contributed by atoms with E-state index < -0.39 is 0 Å². The van der Waals surface area contributed by atoms with E-state index in [0.717, 1.165) is 23.4 Å². The van der Waals surface area contributed by atoms with E-state index in [1.54, 1.807) is 16.7 Å². The molecule has 2 aliphatic heterocycles. The molecule has 3 nitrogen and oxygen atoms in total. The fourth-order valence-electron chi connectivity index (χ4n) is 2.72. The smallest absolute Gasteiger partial charge is 0.248 e. The molecule has 1 amide bonds. The highest BCUT2D eigenvalue weighted by molar-refractivity contribution is 8.01. The third-order valence-electron chi connectivity index (χ3n) is 3.66. The van der Waals surface area contributed by atoms with Crippen LogP contribution in [-0.4, -0.2) is 28.1 Å². The monoisotopic (exact) mass is 292 g/mol. The number of benzene rings is 1. The second-order valence-corrected chi connectivity index (χ2v) is 6.74. The van der Waals surface area contributed by atoms with Crippen molar-refractivity contribution in [3.8, 4) is 0 Å². The van der Waals surface area contributed by atoms with Gasteiger partial charge in [-0.05, 0) is 49.9 Å². The Morgan fingerprint density at radius 3 is 2.95 bits per heavy atom. The summed E-state index contributed by atoms with van der Waals surface area (Å²) in [6.07, 6.45) is 1.02. The molecule has 0 saturated carbocycles.